The number of hydrogen-bond acceptors (Lipinski definition) is 7. The van der Waals surface area contributed by atoms with Gasteiger partial charge in [0.1, 0.15) is 17.1 Å². The number of carbonyl (C=O) groups excluding carboxylic acids is 1. The van der Waals surface area contributed by atoms with Gasteiger partial charge in [-0.2, -0.15) is 18.2 Å². The summed E-state index contributed by atoms with van der Waals surface area (Å²) in [6, 6.07) is 2.05. The van der Waals surface area contributed by atoms with E-state index in [2.05, 4.69) is 30.9 Å². The van der Waals surface area contributed by atoms with Crippen molar-refractivity contribution in [3.8, 4) is 0 Å². The summed E-state index contributed by atoms with van der Waals surface area (Å²) in [4.78, 5) is 34.8. The molecule has 3 rings (SSSR count). The van der Waals surface area contributed by atoms with Crippen LogP contribution in [-0.2, 0) is 11.0 Å². The van der Waals surface area contributed by atoms with E-state index in [4.69, 9.17) is 5.11 Å². The number of carboxylic acids is 1. The van der Waals surface area contributed by atoms with Crippen molar-refractivity contribution in [2.75, 3.05) is 10.6 Å². The Bertz CT molecular complexity index is 982. The number of amides is 1. The molecule has 12 heteroatoms. The predicted molar refractivity (Wildman–Crippen MR) is 110 cm³/mol. The number of aromatic nitrogens is 3. The Kier molecular flexibility index (Phi) is 6.80. The molecule has 0 radical (unpaired) electrons. The highest BCUT2D eigenvalue weighted by Crippen LogP contribution is 2.36. The van der Waals surface area contributed by atoms with Crippen LogP contribution in [-0.4, -0.2) is 44.0 Å². The van der Waals surface area contributed by atoms with Crippen molar-refractivity contribution < 1.29 is 27.9 Å². The lowest BCUT2D eigenvalue weighted by Crippen LogP contribution is -2.41. The van der Waals surface area contributed by atoms with E-state index in [1.807, 2.05) is 13.8 Å². The lowest BCUT2D eigenvalue weighted by Gasteiger charge is -2.24. The first-order valence-corrected chi connectivity index (χ1v) is 10.0. The molecule has 0 bridgehead atoms. The van der Waals surface area contributed by atoms with Crippen molar-refractivity contribution in [1.82, 2.24) is 20.3 Å². The van der Waals surface area contributed by atoms with Crippen LogP contribution in [0.1, 0.15) is 49.2 Å². The van der Waals surface area contributed by atoms with Gasteiger partial charge in [-0.05, 0) is 38.8 Å². The second kappa shape index (κ2) is 9.37. The summed E-state index contributed by atoms with van der Waals surface area (Å²) in [6.07, 6.45) is -1.03. The van der Waals surface area contributed by atoms with Gasteiger partial charge in [0.2, 0.25) is 11.9 Å². The Morgan fingerprint density at radius 3 is 2.50 bits per heavy atom. The number of pyridine rings is 1. The van der Waals surface area contributed by atoms with Crippen molar-refractivity contribution >= 4 is 29.3 Å². The Morgan fingerprint density at radius 1 is 1.16 bits per heavy atom. The van der Waals surface area contributed by atoms with E-state index in [0.717, 1.165) is 0 Å². The molecule has 172 valence electrons. The van der Waals surface area contributed by atoms with Gasteiger partial charge in [-0.25, -0.2) is 14.8 Å². The molecule has 2 heterocycles. The monoisotopic (exact) mass is 452 g/mol. The summed E-state index contributed by atoms with van der Waals surface area (Å²) >= 11 is 0. The summed E-state index contributed by atoms with van der Waals surface area (Å²) in [5, 5.41) is 17.2. The highest BCUT2D eigenvalue weighted by Gasteiger charge is 2.38. The van der Waals surface area contributed by atoms with Crippen LogP contribution in [0.5, 0.6) is 0 Å². The zero-order chi connectivity index (χ0) is 23.5. The number of nitrogens with zero attached hydrogens (tertiary/aromatic N) is 3. The van der Waals surface area contributed by atoms with Crippen molar-refractivity contribution in [3.05, 3.63) is 35.8 Å². The van der Waals surface area contributed by atoms with Gasteiger partial charge < -0.3 is 21.1 Å². The number of aromatic carboxylic acids is 1. The fourth-order valence-corrected chi connectivity index (χ4v) is 3.50. The van der Waals surface area contributed by atoms with Crippen molar-refractivity contribution in [2.24, 2.45) is 5.92 Å². The number of anilines is 3. The van der Waals surface area contributed by atoms with Gasteiger partial charge in [0.15, 0.2) is 0 Å². The number of halogens is 3. The molecule has 0 spiro atoms. The van der Waals surface area contributed by atoms with E-state index < -0.39 is 35.5 Å². The van der Waals surface area contributed by atoms with Gasteiger partial charge in [0, 0.05) is 18.3 Å². The van der Waals surface area contributed by atoms with Crippen molar-refractivity contribution in [2.45, 2.75) is 51.4 Å². The number of nitrogens with one attached hydrogen (secondary N) is 3. The minimum Gasteiger partial charge on any atom is -0.477 e. The van der Waals surface area contributed by atoms with Gasteiger partial charge in [-0.15, -0.1) is 0 Å². The molecule has 0 saturated heterocycles. The summed E-state index contributed by atoms with van der Waals surface area (Å²) in [6.45, 7) is 3.63. The smallest absolute Gasteiger partial charge is 0.421 e. The summed E-state index contributed by atoms with van der Waals surface area (Å²) < 4.78 is 40.6. The number of carboxylic acid groups (broad SMARTS) is 1. The molecule has 9 nitrogen and oxygen atoms in total. The molecule has 1 saturated carbocycles. The van der Waals surface area contributed by atoms with Gasteiger partial charge in [-0.3, -0.25) is 4.79 Å². The van der Waals surface area contributed by atoms with Crippen LogP contribution in [0.4, 0.5) is 30.6 Å². The van der Waals surface area contributed by atoms with Crippen LogP contribution in [0.3, 0.4) is 0 Å². The summed E-state index contributed by atoms with van der Waals surface area (Å²) in [7, 11) is 0. The highest BCUT2D eigenvalue weighted by molar-refractivity contribution is 5.85. The Labute approximate surface area is 181 Å². The fraction of sp³-hybridized carbons (Fsp3) is 0.450. The van der Waals surface area contributed by atoms with Crippen LogP contribution >= 0.6 is 0 Å². The molecular weight excluding hydrogens is 429 g/mol. The number of rotatable bonds is 7. The minimum atomic E-state index is -4.69. The maximum absolute atomic E-state index is 13.5. The molecule has 0 aliphatic heterocycles. The Hall–Kier alpha value is -3.44. The highest BCUT2D eigenvalue weighted by atomic mass is 19.4. The third-order valence-electron chi connectivity index (χ3n) is 4.94. The largest absolute Gasteiger partial charge is 0.477 e. The molecule has 2 aromatic heterocycles. The van der Waals surface area contributed by atoms with Crippen LogP contribution in [0.2, 0.25) is 0 Å². The van der Waals surface area contributed by atoms with E-state index in [1.54, 1.807) is 0 Å². The van der Waals surface area contributed by atoms with E-state index in [1.165, 1.54) is 18.3 Å². The van der Waals surface area contributed by atoms with Crippen LogP contribution in [0.15, 0.2) is 24.5 Å². The van der Waals surface area contributed by atoms with E-state index >= 15 is 0 Å². The van der Waals surface area contributed by atoms with Crippen molar-refractivity contribution in [3.63, 3.8) is 0 Å². The first kappa shape index (κ1) is 23.2. The topological polar surface area (TPSA) is 129 Å². The molecular formula is C20H23F3N6O3. The molecule has 2 unspecified atom stereocenters. The maximum Gasteiger partial charge on any atom is 0.421 e. The molecule has 1 aliphatic rings. The lowest BCUT2D eigenvalue weighted by atomic mass is 10.0. The zero-order valence-corrected chi connectivity index (χ0v) is 17.4. The average Bonchev–Trinajstić information content (AvgIpc) is 3.15. The zero-order valence-electron chi connectivity index (χ0n) is 17.4. The number of carbonyl (C=O) groups is 2. The first-order valence-electron chi connectivity index (χ1n) is 10.0. The summed E-state index contributed by atoms with van der Waals surface area (Å²) in [5.41, 5.74) is -0.925. The van der Waals surface area contributed by atoms with Gasteiger partial charge in [0.25, 0.3) is 0 Å². The fourth-order valence-electron chi connectivity index (χ4n) is 3.50. The second-order valence-electron chi connectivity index (χ2n) is 7.77. The first-order chi connectivity index (χ1) is 15.0. The van der Waals surface area contributed by atoms with Crippen LogP contribution in [0, 0.1) is 5.92 Å². The van der Waals surface area contributed by atoms with Gasteiger partial charge in [-0.1, -0.05) is 6.42 Å². The standard InChI is InChI=1S/C20H23F3N6O3/c1-10(2)26-17(30)12-4-3-5-14(12)28-16-13(20(21,22)23)9-25-19(29-16)27-11-6-7-15(18(31)32)24-8-11/h6-10,12,14H,3-5H2,1-2H3,(H,26,30)(H,31,32)(H2,25,27,28,29). The van der Waals surface area contributed by atoms with E-state index in [9.17, 15) is 22.8 Å². The Morgan fingerprint density at radius 2 is 1.91 bits per heavy atom. The van der Waals surface area contributed by atoms with E-state index in [-0.39, 0.29) is 23.6 Å². The molecule has 2 aromatic rings. The Balaban J connectivity index is 1.84. The SMILES string of the molecule is CC(C)NC(=O)C1CCCC1Nc1nc(Nc2ccc(C(=O)O)nc2)ncc1C(F)(F)F. The third kappa shape index (κ3) is 5.62. The second-order valence-corrected chi connectivity index (χ2v) is 7.77. The normalized spacial score (nSPS) is 18.4. The predicted octanol–water partition coefficient (Wildman–Crippen LogP) is 3.44. The lowest BCUT2D eigenvalue weighted by molar-refractivity contribution is -0.137. The third-order valence-corrected chi connectivity index (χ3v) is 4.94. The molecule has 0 aromatic carbocycles. The molecule has 32 heavy (non-hydrogen) atoms. The average molecular weight is 452 g/mol. The maximum atomic E-state index is 13.5. The van der Waals surface area contributed by atoms with Crippen LogP contribution < -0.4 is 16.0 Å². The van der Waals surface area contributed by atoms with Crippen LogP contribution in [0.25, 0.3) is 0 Å². The van der Waals surface area contributed by atoms with Gasteiger partial charge in [0.05, 0.1) is 17.8 Å². The molecule has 1 amide bonds. The molecule has 1 aliphatic carbocycles. The molecule has 4 N–H and O–H groups in total. The number of hydrogen-bond donors (Lipinski definition) is 4. The van der Waals surface area contributed by atoms with Gasteiger partial charge >= 0.3 is 12.1 Å². The van der Waals surface area contributed by atoms with E-state index in [0.29, 0.717) is 31.1 Å². The minimum absolute atomic E-state index is 0.0783. The molecule has 2 atom stereocenters. The summed E-state index contributed by atoms with van der Waals surface area (Å²) in [5.74, 6) is -2.45. The quantitative estimate of drug-likeness (QED) is 0.503. The molecule has 1 fully saturated rings. The number of alkyl halides is 3. The van der Waals surface area contributed by atoms with Crippen molar-refractivity contribution in [1.29, 1.82) is 0 Å².